The van der Waals surface area contributed by atoms with E-state index in [0.29, 0.717) is 23.8 Å². The van der Waals surface area contributed by atoms with E-state index in [1.165, 1.54) is 0 Å². The van der Waals surface area contributed by atoms with Crippen molar-refractivity contribution in [3.63, 3.8) is 0 Å². The van der Waals surface area contributed by atoms with Gasteiger partial charge in [0.2, 0.25) is 0 Å². The molecule has 0 heterocycles. The maximum absolute atomic E-state index is 11.7. The lowest BCUT2D eigenvalue weighted by Gasteiger charge is -2.28. The van der Waals surface area contributed by atoms with Crippen LogP contribution in [0.5, 0.6) is 0 Å². The van der Waals surface area contributed by atoms with Crippen molar-refractivity contribution in [1.82, 2.24) is 5.32 Å². The standard InChI is InChI=1S/C15H25N3O2/c1-11(2)10-18(7-8-20-4)14-9-12(15(19)17-3)5-6-13(14)16/h5-6,9,11H,7-8,10,16H2,1-4H3,(H,17,19). The summed E-state index contributed by atoms with van der Waals surface area (Å²) in [6.45, 7) is 6.54. The smallest absolute Gasteiger partial charge is 0.251 e. The minimum absolute atomic E-state index is 0.109. The van der Waals surface area contributed by atoms with Gasteiger partial charge in [-0.25, -0.2) is 0 Å². The Morgan fingerprint density at radius 2 is 2.15 bits per heavy atom. The Hall–Kier alpha value is -1.75. The quantitative estimate of drug-likeness (QED) is 0.746. The van der Waals surface area contributed by atoms with Gasteiger partial charge in [-0.05, 0) is 24.1 Å². The molecule has 0 spiro atoms. The Kier molecular flexibility index (Phi) is 6.31. The first-order valence-electron chi connectivity index (χ1n) is 6.85. The Morgan fingerprint density at radius 1 is 1.45 bits per heavy atom. The Morgan fingerprint density at radius 3 is 2.70 bits per heavy atom. The third-order valence-corrected chi connectivity index (χ3v) is 3.01. The molecule has 5 heteroatoms. The van der Waals surface area contributed by atoms with Gasteiger partial charge in [0.25, 0.3) is 5.91 Å². The summed E-state index contributed by atoms with van der Waals surface area (Å²) in [4.78, 5) is 13.9. The van der Waals surface area contributed by atoms with Crippen LogP contribution in [0.15, 0.2) is 18.2 Å². The third kappa shape index (κ3) is 4.42. The van der Waals surface area contributed by atoms with Gasteiger partial charge in [0, 0.05) is 32.8 Å². The number of nitrogens with zero attached hydrogens (tertiary/aromatic N) is 1. The largest absolute Gasteiger partial charge is 0.397 e. The topological polar surface area (TPSA) is 67.6 Å². The molecule has 0 bridgehead atoms. The molecule has 0 unspecified atom stereocenters. The van der Waals surface area contributed by atoms with Crippen molar-refractivity contribution in [3.8, 4) is 0 Å². The first-order chi connectivity index (χ1) is 9.49. The van der Waals surface area contributed by atoms with E-state index in [9.17, 15) is 4.79 Å². The summed E-state index contributed by atoms with van der Waals surface area (Å²) in [5, 5.41) is 2.63. The highest BCUT2D eigenvalue weighted by Crippen LogP contribution is 2.25. The number of ether oxygens (including phenoxy) is 1. The molecule has 0 atom stereocenters. The van der Waals surface area contributed by atoms with Gasteiger partial charge in [0.1, 0.15) is 0 Å². The second-order valence-electron chi connectivity index (χ2n) is 5.19. The highest BCUT2D eigenvalue weighted by atomic mass is 16.5. The molecular formula is C15H25N3O2. The van der Waals surface area contributed by atoms with Crippen LogP contribution in [0.4, 0.5) is 11.4 Å². The number of hydrogen-bond acceptors (Lipinski definition) is 4. The third-order valence-electron chi connectivity index (χ3n) is 3.01. The molecule has 0 aromatic heterocycles. The van der Waals surface area contributed by atoms with Gasteiger partial charge < -0.3 is 20.7 Å². The number of nitrogen functional groups attached to an aromatic ring is 1. The molecule has 0 aliphatic carbocycles. The van der Waals surface area contributed by atoms with Crippen LogP contribution >= 0.6 is 0 Å². The van der Waals surface area contributed by atoms with E-state index in [1.54, 1.807) is 26.3 Å². The molecule has 0 aliphatic heterocycles. The Balaban J connectivity index is 3.06. The van der Waals surface area contributed by atoms with E-state index in [-0.39, 0.29) is 5.91 Å². The summed E-state index contributed by atoms with van der Waals surface area (Å²) in [5.41, 5.74) is 8.24. The lowest BCUT2D eigenvalue weighted by molar-refractivity contribution is 0.0963. The minimum atomic E-state index is -0.109. The number of anilines is 2. The number of amides is 1. The van der Waals surface area contributed by atoms with Crippen molar-refractivity contribution in [2.75, 3.05) is 44.5 Å². The fourth-order valence-corrected chi connectivity index (χ4v) is 2.06. The van der Waals surface area contributed by atoms with Gasteiger partial charge in [-0.15, -0.1) is 0 Å². The number of carbonyl (C=O) groups excluding carboxylic acids is 1. The monoisotopic (exact) mass is 279 g/mol. The number of benzene rings is 1. The molecular weight excluding hydrogens is 254 g/mol. The van der Waals surface area contributed by atoms with E-state index in [4.69, 9.17) is 10.5 Å². The van der Waals surface area contributed by atoms with E-state index >= 15 is 0 Å². The normalized spacial score (nSPS) is 10.7. The SMILES string of the molecule is CNC(=O)c1ccc(N)c(N(CCOC)CC(C)C)c1. The van der Waals surface area contributed by atoms with Gasteiger partial charge in [-0.1, -0.05) is 13.8 Å². The van der Waals surface area contributed by atoms with Gasteiger partial charge in [0.05, 0.1) is 18.0 Å². The predicted octanol–water partition coefficient (Wildman–Crippen LogP) is 1.74. The number of nitrogens with two attached hydrogens (primary N) is 1. The summed E-state index contributed by atoms with van der Waals surface area (Å²) >= 11 is 0. The molecule has 0 saturated heterocycles. The second-order valence-corrected chi connectivity index (χ2v) is 5.19. The average molecular weight is 279 g/mol. The fourth-order valence-electron chi connectivity index (χ4n) is 2.06. The molecule has 20 heavy (non-hydrogen) atoms. The number of hydrogen-bond donors (Lipinski definition) is 2. The molecule has 112 valence electrons. The van der Waals surface area contributed by atoms with Crippen molar-refractivity contribution in [3.05, 3.63) is 23.8 Å². The first kappa shape index (κ1) is 16.3. The van der Waals surface area contributed by atoms with Crippen LogP contribution < -0.4 is 16.0 Å². The summed E-state index contributed by atoms with van der Waals surface area (Å²) in [6, 6.07) is 5.35. The van der Waals surface area contributed by atoms with Crippen LogP contribution in [0.2, 0.25) is 0 Å². The molecule has 1 amide bonds. The highest BCUT2D eigenvalue weighted by molar-refractivity contribution is 5.96. The lowest BCUT2D eigenvalue weighted by atomic mass is 10.1. The molecule has 3 N–H and O–H groups in total. The molecule has 0 fully saturated rings. The highest BCUT2D eigenvalue weighted by Gasteiger charge is 2.14. The van der Waals surface area contributed by atoms with Gasteiger partial charge in [0.15, 0.2) is 0 Å². The van der Waals surface area contributed by atoms with Crippen molar-refractivity contribution in [2.24, 2.45) is 5.92 Å². The van der Waals surface area contributed by atoms with E-state index in [0.717, 1.165) is 18.8 Å². The molecule has 1 aromatic carbocycles. The zero-order valence-electron chi connectivity index (χ0n) is 12.8. The van der Waals surface area contributed by atoms with Crippen LogP contribution in [0.3, 0.4) is 0 Å². The summed E-state index contributed by atoms with van der Waals surface area (Å²) in [7, 11) is 3.30. The van der Waals surface area contributed by atoms with Crippen LogP contribution in [0.25, 0.3) is 0 Å². The van der Waals surface area contributed by atoms with Gasteiger partial charge in [-0.2, -0.15) is 0 Å². The van der Waals surface area contributed by atoms with Crippen molar-refractivity contribution in [2.45, 2.75) is 13.8 Å². The van der Waals surface area contributed by atoms with E-state index in [2.05, 4.69) is 24.1 Å². The average Bonchev–Trinajstić information content (AvgIpc) is 2.43. The Bertz CT molecular complexity index is 447. The maximum Gasteiger partial charge on any atom is 0.251 e. The van der Waals surface area contributed by atoms with Crippen molar-refractivity contribution < 1.29 is 9.53 Å². The maximum atomic E-state index is 11.7. The number of carbonyl (C=O) groups is 1. The summed E-state index contributed by atoms with van der Waals surface area (Å²) in [6.07, 6.45) is 0. The van der Waals surface area contributed by atoms with E-state index < -0.39 is 0 Å². The van der Waals surface area contributed by atoms with Crippen LogP contribution in [0, 0.1) is 5.92 Å². The fraction of sp³-hybridized carbons (Fsp3) is 0.533. The van der Waals surface area contributed by atoms with Gasteiger partial charge >= 0.3 is 0 Å². The number of rotatable bonds is 7. The zero-order valence-corrected chi connectivity index (χ0v) is 12.8. The number of nitrogens with one attached hydrogen (secondary N) is 1. The van der Waals surface area contributed by atoms with E-state index in [1.807, 2.05) is 6.07 Å². The van der Waals surface area contributed by atoms with Crippen molar-refractivity contribution >= 4 is 17.3 Å². The molecule has 0 saturated carbocycles. The summed E-state index contributed by atoms with van der Waals surface area (Å²) < 4.78 is 5.15. The second kappa shape index (κ2) is 7.75. The van der Waals surface area contributed by atoms with Crippen LogP contribution in [-0.2, 0) is 4.74 Å². The molecule has 0 aliphatic rings. The Labute approximate surface area is 121 Å². The van der Waals surface area contributed by atoms with Crippen LogP contribution in [-0.4, -0.2) is 39.8 Å². The molecule has 1 aromatic rings. The van der Waals surface area contributed by atoms with Crippen LogP contribution in [0.1, 0.15) is 24.2 Å². The zero-order chi connectivity index (χ0) is 15.1. The lowest BCUT2D eigenvalue weighted by Crippen LogP contribution is -2.32. The molecule has 0 radical (unpaired) electrons. The van der Waals surface area contributed by atoms with Gasteiger partial charge in [-0.3, -0.25) is 4.79 Å². The predicted molar refractivity (Wildman–Crippen MR) is 83.2 cm³/mol. The summed E-state index contributed by atoms with van der Waals surface area (Å²) in [5.74, 6) is 0.386. The molecule has 5 nitrogen and oxygen atoms in total. The first-order valence-corrected chi connectivity index (χ1v) is 6.85. The van der Waals surface area contributed by atoms with Crippen molar-refractivity contribution in [1.29, 1.82) is 0 Å². The number of methoxy groups -OCH3 is 1. The minimum Gasteiger partial charge on any atom is -0.397 e. The molecule has 1 rings (SSSR count).